The number of hydrogen-bond donors (Lipinski definition) is 1. The maximum absolute atomic E-state index is 12.6. The molecule has 0 spiro atoms. The van der Waals surface area contributed by atoms with Gasteiger partial charge in [-0.1, -0.05) is 49.9 Å². The molecule has 4 nitrogen and oxygen atoms in total. The summed E-state index contributed by atoms with van der Waals surface area (Å²) in [6, 6.07) is 9.71. The zero-order valence-electron chi connectivity index (χ0n) is 13.3. The number of hydrogen-bond acceptors (Lipinski definition) is 3. The number of nitrogens with zero attached hydrogens (tertiary/aromatic N) is 1. The van der Waals surface area contributed by atoms with E-state index in [1.807, 2.05) is 30.3 Å². The van der Waals surface area contributed by atoms with Crippen LogP contribution in [0.15, 0.2) is 36.5 Å². The number of Topliss-reactive ketones (excluding diaryl/α,β-unsaturated/α-hetero) is 1. The van der Waals surface area contributed by atoms with E-state index in [9.17, 15) is 9.59 Å². The maximum Gasteiger partial charge on any atom is 0.236 e. The number of aromatic nitrogens is 1. The van der Waals surface area contributed by atoms with Gasteiger partial charge in [-0.3, -0.25) is 9.59 Å². The molecule has 120 valence electrons. The average Bonchev–Trinajstić information content (AvgIpc) is 2.67. The zero-order chi connectivity index (χ0) is 16.1. The fourth-order valence-electron chi connectivity index (χ4n) is 3.21. The Labute approximate surface area is 136 Å². The molecule has 3 rings (SSSR count). The molecule has 1 amide bonds. The molecule has 1 aliphatic rings. The van der Waals surface area contributed by atoms with Crippen LogP contribution in [-0.4, -0.2) is 16.7 Å². The molecular formula is C19H22N2O2. The summed E-state index contributed by atoms with van der Waals surface area (Å²) in [4.78, 5) is 29.2. The fraction of sp³-hybridized carbons (Fsp3) is 0.421. The molecule has 23 heavy (non-hydrogen) atoms. The van der Waals surface area contributed by atoms with Crippen molar-refractivity contribution in [1.82, 2.24) is 4.98 Å². The Morgan fingerprint density at radius 3 is 2.74 bits per heavy atom. The molecule has 0 saturated heterocycles. The molecule has 1 aromatic heterocycles. The molecule has 2 aromatic rings. The van der Waals surface area contributed by atoms with Crippen LogP contribution >= 0.6 is 0 Å². The Kier molecular flexibility index (Phi) is 5.01. The average molecular weight is 310 g/mol. The summed E-state index contributed by atoms with van der Waals surface area (Å²) in [5.41, 5.74) is 0. The van der Waals surface area contributed by atoms with Gasteiger partial charge < -0.3 is 5.32 Å². The van der Waals surface area contributed by atoms with Crippen LogP contribution in [0.25, 0.3) is 10.8 Å². The lowest BCUT2D eigenvalue weighted by Gasteiger charge is -2.15. The monoisotopic (exact) mass is 310 g/mol. The van der Waals surface area contributed by atoms with Crippen molar-refractivity contribution in [2.45, 2.75) is 44.9 Å². The van der Waals surface area contributed by atoms with Crippen LogP contribution in [0.3, 0.4) is 0 Å². The van der Waals surface area contributed by atoms with E-state index in [-0.39, 0.29) is 11.7 Å². The van der Waals surface area contributed by atoms with Gasteiger partial charge in [-0.05, 0) is 24.3 Å². The Morgan fingerprint density at radius 1 is 1.04 bits per heavy atom. The highest BCUT2D eigenvalue weighted by Gasteiger charge is 2.26. The van der Waals surface area contributed by atoms with Crippen molar-refractivity contribution < 1.29 is 9.59 Å². The topological polar surface area (TPSA) is 59.1 Å². The smallest absolute Gasteiger partial charge is 0.236 e. The number of rotatable bonds is 2. The van der Waals surface area contributed by atoms with E-state index in [0.717, 1.165) is 42.9 Å². The van der Waals surface area contributed by atoms with E-state index >= 15 is 0 Å². The van der Waals surface area contributed by atoms with E-state index in [4.69, 9.17) is 0 Å². The Morgan fingerprint density at radius 2 is 1.83 bits per heavy atom. The molecule has 4 heteroatoms. The number of carbonyl (C=O) groups excluding carboxylic acids is 2. The van der Waals surface area contributed by atoms with Crippen molar-refractivity contribution in [1.29, 1.82) is 0 Å². The predicted octanol–water partition coefficient (Wildman–Crippen LogP) is 4.10. The van der Waals surface area contributed by atoms with Crippen molar-refractivity contribution in [3.8, 4) is 0 Å². The second-order valence-corrected chi connectivity index (χ2v) is 6.20. The van der Waals surface area contributed by atoms with Crippen LogP contribution in [0.2, 0.25) is 0 Å². The molecule has 0 radical (unpaired) electrons. The summed E-state index contributed by atoms with van der Waals surface area (Å²) < 4.78 is 0. The first kappa shape index (κ1) is 15.7. The van der Waals surface area contributed by atoms with E-state index < -0.39 is 5.92 Å². The van der Waals surface area contributed by atoms with Crippen LogP contribution < -0.4 is 5.32 Å². The number of nitrogens with one attached hydrogen (secondary N) is 1. The van der Waals surface area contributed by atoms with E-state index in [1.165, 1.54) is 0 Å². The molecule has 1 aliphatic carbocycles. The minimum atomic E-state index is -0.533. The summed E-state index contributed by atoms with van der Waals surface area (Å²) in [5, 5.41) is 4.81. The first-order valence-corrected chi connectivity index (χ1v) is 8.43. The summed E-state index contributed by atoms with van der Waals surface area (Å²) in [6.07, 6.45) is 8.03. The first-order valence-electron chi connectivity index (χ1n) is 8.43. The minimum absolute atomic E-state index is 0.0737. The van der Waals surface area contributed by atoms with Gasteiger partial charge in [-0.15, -0.1) is 0 Å². The Hall–Kier alpha value is -2.23. The highest BCUT2D eigenvalue weighted by Crippen LogP contribution is 2.24. The van der Waals surface area contributed by atoms with Gasteiger partial charge in [-0.2, -0.15) is 0 Å². The normalized spacial score (nSPS) is 19.7. The standard InChI is InChI=1S/C19H22N2O2/c22-17-11-5-3-1-2-4-10-16(17)19(23)21-18-15-9-7-6-8-14(15)12-13-20-18/h6-9,12-13,16H,1-5,10-11H2,(H,20,21,23). The summed E-state index contributed by atoms with van der Waals surface area (Å²) in [6.45, 7) is 0. The second-order valence-electron chi connectivity index (χ2n) is 6.20. The van der Waals surface area contributed by atoms with Crippen molar-refractivity contribution >= 4 is 28.3 Å². The minimum Gasteiger partial charge on any atom is -0.310 e. The summed E-state index contributed by atoms with van der Waals surface area (Å²) in [5.74, 6) is -0.125. The van der Waals surface area contributed by atoms with Gasteiger partial charge >= 0.3 is 0 Å². The molecular weight excluding hydrogens is 288 g/mol. The largest absolute Gasteiger partial charge is 0.310 e. The number of anilines is 1. The Bertz CT molecular complexity index is 706. The molecule has 0 aliphatic heterocycles. The SMILES string of the molecule is O=C1CCCCCCCC1C(=O)Nc1nccc2ccccc12. The van der Waals surface area contributed by atoms with Gasteiger partial charge in [0.05, 0.1) is 5.92 Å². The molecule has 1 atom stereocenters. The first-order chi connectivity index (χ1) is 11.3. The number of benzene rings is 1. The fourth-order valence-corrected chi connectivity index (χ4v) is 3.21. The lowest BCUT2D eigenvalue weighted by atomic mass is 9.94. The summed E-state index contributed by atoms with van der Waals surface area (Å²) in [7, 11) is 0. The van der Waals surface area contributed by atoms with E-state index in [2.05, 4.69) is 10.3 Å². The zero-order valence-corrected chi connectivity index (χ0v) is 13.3. The predicted molar refractivity (Wildman–Crippen MR) is 91.2 cm³/mol. The molecule has 1 fully saturated rings. The van der Waals surface area contributed by atoms with Crippen LogP contribution in [-0.2, 0) is 9.59 Å². The number of carbonyl (C=O) groups is 2. The molecule has 1 N–H and O–H groups in total. The van der Waals surface area contributed by atoms with Crippen LogP contribution in [0.1, 0.15) is 44.9 Å². The van der Waals surface area contributed by atoms with Gasteiger partial charge in [0, 0.05) is 18.0 Å². The van der Waals surface area contributed by atoms with Crippen LogP contribution in [0.5, 0.6) is 0 Å². The number of ketones is 1. The van der Waals surface area contributed by atoms with Crippen LogP contribution in [0.4, 0.5) is 5.82 Å². The van der Waals surface area contributed by atoms with Crippen molar-refractivity contribution in [2.24, 2.45) is 5.92 Å². The van der Waals surface area contributed by atoms with Gasteiger partial charge in [-0.25, -0.2) is 4.98 Å². The third-order valence-electron chi connectivity index (χ3n) is 4.54. The maximum atomic E-state index is 12.6. The third kappa shape index (κ3) is 3.76. The number of amides is 1. The molecule has 1 aromatic carbocycles. The van der Waals surface area contributed by atoms with Crippen molar-refractivity contribution in [2.75, 3.05) is 5.32 Å². The highest BCUT2D eigenvalue weighted by molar-refractivity contribution is 6.09. The van der Waals surface area contributed by atoms with E-state index in [0.29, 0.717) is 18.7 Å². The van der Waals surface area contributed by atoms with Gasteiger partial charge in [0.15, 0.2) is 0 Å². The molecule has 0 bridgehead atoms. The lowest BCUT2D eigenvalue weighted by molar-refractivity contribution is -0.131. The molecule has 1 unspecified atom stereocenters. The Balaban J connectivity index is 1.80. The molecule has 1 heterocycles. The van der Waals surface area contributed by atoms with Gasteiger partial charge in [0.1, 0.15) is 11.6 Å². The van der Waals surface area contributed by atoms with Gasteiger partial charge in [0.2, 0.25) is 5.91 Å². The van der Waals surface area contributed by atoms with Gasteiger partial charge in [0.25, 0.3) is 0 Å². The third-order valence-corrected chi connectivity index (χ3v) is 4.54. The second kappa shape index (κ2) is 7.36. The van der Waals surface area contributed by atoms with E-state index in [1.54, 1.807) is 6.20 Å². The highest BCUT2D eigenvalue weighted by atomic mass is 16.2. The quantitative estimate of drug-likeness (QED) is 0.849. The lowest BCUT2D eigenvalue weighted by Crippen LogP contribution is -2.30. The summed E-state index contributed by atoms with van der Waals surface area (Å²) >= 11 is 0. The van der Waals surface area contributed by atoms with Crippen LogP contribution in [0, 0.1) is 5.92 Å². The number of fused-ring (bicyclic) bond motifs is 1. The molecule has 1 saturated carbocycles. The number of pyridine rings is 1. The van der Waals surface area contributed by atoms with Crippen molar-refractivity contribution in [3.05, 3.63) is 36.5 Å². The van der Waals surface area contributed by atoms with Crippen molar-refractivity contribution in [3.63, 3.8) is 0 Å².